The van der Waals surface area contributed by atoms with Crippen LogP contribution in [0.25, 0.3) is 10.6 Å². The second kappa shape index (κ2) is 9.84. The van der Waals surface area contributed by atoms with Crippen LogP contribution in [-0.4, -0.2) is 47.3 Å². The number of ether oxygens (including phenoxy) is 2. The normalized spacial score (nSPS) is 11.8. The summed E-state index contributed by atoms with van der Waals surface area (Å²) in [5.74, 6) is -0.984. The van der Waals surface area contributed by atoms with Gasteiger partial charge in [0.25, 0.3) is 5.91 Å². The Morgan fingerprint density at radius 1 is 1.33 bits per heavy atom. The highest BCUT2D eigenvalue weighted by molar-refractivity contribution is 7.13. The summed E-state index contributed by atoms with van der Waals surface area (Å²) in [7, 11) is 0. The van der Waals surface area contributed by atoms with Gasteiger partial charge in [-0.1, -0.05) is 6.08 Å². The second-order valence-corrected chi connectivity index (χ2v) is 6.78. The quantitative estimate of drug-likeness (QED) is 0.478. The molecule has 1 atom stereocenters. The van der Waals surface area contributed by atoms with Crippen molar-refractivity contribution in [1.82, 2.24) is 10.3 Å². The van der Waals surface area contributed by atoms with Gasteiger partial charge in [-0.05, 0) is 38.1 Å². The summed E-state index contributed by atoms with van der Waals surface area (Å²) in [6.45, 7) is 7.44. The average molecular weight is 390 g/mol. The zero-order valence-corrected chi connectivity index (χ0v) is 16.0. The maximum absolute atomic E-state index is 12.3. The van der Waals surface area contributed by atoms with Crippen molar-refractivity contribution >= 4 is 23.2 Å². The van der Waals surface area contributed by atoms with E-state index in [4.69, 9.17) is 9.47 Å². The van der Waals surface area contributed by atoms with Gasteiger partial charge in [0, 0.05) is 10.9 Å². The number of thiazole rings is 1. The Balaban J connectivity index is 2.03. The van der Waals surface area contributed by atoms with Crippen LogP contribution in [0.4, 0.5) is 0 Å². The van der Waals surface area contributed by atoms with Gasteiger partial charge in [0.1, 0.15) is 16.5 Å². The van der Waals surface area contributed by atoms with Gasteiger partial charge in [0.15, 0.2) is 6.04 Å². The Bertz CT molecular complexity index is 786. The summed E-state index contributed by atoms with van der Waals surface area (Å²) in [6, 6.07) is 6.25. The van der Waals surface area contributed by atoms with Crippen LogP contribution in [0.1, 0.15) is 24.3 Å². The number of amides is 1. The van der Waals surface area contributed by atoms with Crippen LogP contribution in [-0.2, 0) is 9.53 Å². The lowest BCUT2D eigenvalue weighted by atomic mass is 10.2. The molecule has 0 radical (unpaired) electrons. The SMILES string of the molecule is C=CCOCC(NC(=O)c1csc(-c2ccc(OC(C)C)cc2)n1)C(=O)O. The van der Waals surface area contributed by atoms with Gasteiger partial charge in [0.2, 0.25) is 0 Å². The summed E-state index contributed by atoms with van der Waals surface area (Å²) >= 11 is 1.30. The number of aliphatic carboxylic acids is 1. The number of carbonyl (C=O) groups is 2. The Morgan fingerprint density at radius 3 is 2.63 bits per heavy atom. The molecule has 8 heteroatoms. The molecule has 0 saturated carbocycles. The molecule has 0 aliphatic carbocycles. The van der Waals surface area contributed by atoms with Crippen molar-refractivity contribution in [3.05, 3.63) is 48.0 Å². The van der Waals surface area contributed by atoms with Crippen molar-refractivity contribution in [2.24, 2.45) is 0 Å². The third-order valence-corrected chi connectivity index (χ3v) is 4.22. The van der Waals surface area contributed by atoms with Crippen molar-refractivity contribution in [3.8, 4) is 16.3 Å². The average Bonchev–Trinajstić information content (AvgIpc) is 3.11. The monoisotopic (exact) mass is 390 g/mol. The van der Waals surface area contributed by atoms with E-state index >= 15 is 0 Å². The molecular weight excluding hydrogens is 368 g/mol. The number of rotatable bonds is 10. The predicted molar refractivity (Wildman–Crippen MR) is 103 cm³/mol. The number of benzene rings is 1. The molecular formula is C19H22N2O5S. The highest BCUT2D eigenvalue weighted by atomic mass is 32.1. The number of aromatic nitrogens is 1. The van der Waals surface area contributed by atoms with E-state index in [-0.39, 0.29) is 25.0 Å². The first-order chi connectivity index (χ1) is 12.9. The first-order valence-corrected chi connectivity index (χ1v) is 9.23. The van der Waals surface area contributed by atoms with E-state index in [2.05, 4.69) is 16.9 Å². The zero-order chi connectivity index (χ0) is 19.8. The van der Waals surface area contributed by atoms with Gasteiger partial charge < -0.3 is 19.9 Å². The van der Waals surface area contributed by atoms with Crippen LogP contribution < -0.4 is 10.1 Å². The largest absolute Gasteiger partial charge is 0.491 e. The van der Waals surface area contributed by atoms with E-state index in [9.17, 15) is 14.7 Å². The van der Waals surface area contributed by atoms with Crippen molar-refractivity contribution in [1.29, 1.82) is 0 Å². The number of carboxylic acids is 1. The zero-order valence-electron chi connectivity index (χ0n) is 15.2. The maximum atomic E-state index is 12.3. The molecule has 1 aromatic heterocycles. The first kappa shape index (κ1) is 20.6. The predicted octanol–water partition coefficient (Wildman–Crippen LogP) is 2.98. The van der Waals surface area contributed by atoms with Crippen LogP contribution in [0.15, 0.2) is 42.3 Å². The minimum Gasteiger partial charge on any atom is -0.491 e. The minimum atomic E-state index is -1.18. The van der Waals surface area contributed by atoms with E-state index in [1.165, 1.54) is 17.4 Å². The molecule has 27 heavy (non-hydrogen) atoms. The van der Waals surface area contributed by atoms with Gasteiger partial charge >= 0.3 is 5.97 Å². The molecule has 0 saturated heterocycles. The van der Waals surface area contributed by atoms with Crippen LogP contribution in [0, 0.1) is 0 Å². The van der Waals surface area contributed by atoms with Gasteiger partial charge in [-0.25, -0.2) is 9.78 Å². The van der Waals surface area contributed by atoms with Gasteiger partial charge in [-0.3, -0.25) is 4.79 Å². The van der Waals surface area contributed by atoms with Gasteiger partial charge in [0.05, 0.1) is 19.3 Å². The third kappa shape index (κ3) is 6.19. The molecule has 2 aromatic rings. The molecule has 144 valence electrons. The summed E-state index contributed by atoms with van der Waals surface area (Å²) in [5.41, 5.74) is 1.01. The highest BCUT2D eigenvalue weighted by Crippen LogP contribution is 2.26. The fraction of sp³-hybridized carbons (Fsp3) is 0.316. The topological polar surface area (TPSA) is 97.8 Å². The smallest absolute Gasteiger partial charge is 0.328 e. The maximum Gasteiger partial charge on any atom is 0.328 e. The van der Waals surface area contributed by atoms with Crippen LogP contribution in [0.5, 0.6) is 5.75 Å². The Hall–Kier alpha value is -2.71. The molecule has 2 N–H and O–H groups in total. The molecule has 7 nitrogen and oxygen atoms in total. The van der Waals surface area contributed by atoms with Crippen molar-refractivity contribution in [3.63, 3.8) is 0 Å². The fourth-order valence-corrected chi connectivity index (χ4v) is 2.94. The van der Waals surface area contributed by atoms with Crippen molar-refractivity contribution in [2.75, 3.05) is 13.2 Å². The molecule has 0 bridgehead atoms. The van der Waals surface area contributed by atoms with E-state index < -0.39 is 17.9 Å². The Labute approximate surface area is 161 Å². The number of hydrogen-bond acceptors (Lipinski definition) is 6. The lowest BCUT2D eigenvalue weighted by Gasteiger charge is -2.13. The summed E-state index contributed by atoms with van der Waals surface area (Å²) in [6.07, 6.45) is 1.59. The van der Waals surface area contributed by atoms with Gasteiger partial charge in [-0.2, -0.15) is 0 Å². The van der Waals surface area contributed by atoms with Crippen LogP contribution in [0.3, 0.4) is 0 Å². The van der Waals surface area contributed by atoms with E-state index in [0.29, 0.717) is 5.01 Å². The van der Waals surface area contributed by atoms with Crippen molar-refractivity contribution in [2.45, 2.75) is 26.0 Å². The highest BCUT2D eigenvalue weighted by Gasteiger charge is 2.22. The summed E-state index contributed by atoms with van der Waals surface area (Å²) in [5, 5.41) is 13.9. The first-order valence-electron chi connectivity index (χ1n) is 8.35. The molecule has 0 fully saturated rings. The second-order valence-electron chi connectivity index (χ2n) is 5.92. The molecule has 1 aromatic carbocycles. The molecule has 0 aliphatic rings. The Kier molecular flexibility index (Phi) is 7.51. The van der Waals surface area contributed by atoms with Crippen LogP contribution >= 0.6 is 11.3 Å². The fourth-order valence-electron chi connectivity index (χ4n) is 2.13. The molecule has 1 unspecified atom stereocenters. The number of nitrogens with zero attached hydrogens (tertiary/aromatic N) is 1. The third-order valence-electron chi connectivity index (χ3n) is 3.33. The lowest BCUT2D eigenvalue weighted by Crippen LogP contribution is -2.44. The number of hydrogen-bond donors (Lipinski definition) is 2. The molecule has 0 aliphatic heterocycles. The Morgan fingerprint density at radius 2 is 2.04 bits per heavy atom. The summed E-state index contributed by atoms with van der Waals surface area (Å²) in [4.78, 5) is 27.8. The minimum absolute atomic E-state index is 0.0867. The molecule has 2 rings (SSSR count). The molecule has 0 spiro atoms. The van der Waals surface area contributed by atoms with Gasteiger partial charge in [-0.15, -0.1) is 17.9 Å². The lowest BCUT2D eigenvalue weighted by molar-refractivity contribution is -0.140. The number of nitrogens with one attached hydrogen (secondary N) is 1. The standard InChI is InChI=1S/C19H22N2O5S/c1-4-9-25-10-15(19(23)24)20-17(22)16-11-27-18(21-16)13-5-7-14(8-6-13)26-12(2)3/h4-8,11-12,15H,1,9-10H2,2-3H3,(H,20,22)(H,23,24). The summed E-state index contributed by atoms with van der Waals surface area (Å²) < 4.78 is 10.7. The number of carbonyl (C=O) groups excluding carboxylic acids is 1. The molecule has 1 heterocycles. The number of carboxylic acid groups (broad SMARTS) is 1. The van der Waals surface area contributed by atoms with Crippen molar-refractivity contribution < 1.29 is 24.2 Å². The molecule has 1 amide bonds. The van der Waals surface area contributed by atoms with Crippen LogP contribution in [0.2, 0.25) is 0 Å². The van der Waals surface area contributed by atoms with E-state index in [1.54, 1.807) is 5.38 Å². The van der Waals surface area contributed by atoms with E-state index in [0.717, 1.165) is 11.3 Å². The van der Waals surface area contributed by atoms with E-state index in [1.807, 2.05) is 38.1 Å².